The first kappa shape index (κ1) is 19.3. The van der Waals surface area contributed by atoms with E-state index in [0.717, 1.165) is 5.56 Å². The Morgan fingerprint density at radius 1 is 1.40 bits per heavy atom. The van der Waals surface area contributed by atoms with E-state index in [0.29, 0.717) is 24.4 Å². The van der Waals surface area contributed by atoms with E-state index in [4.69, 9.17) is 4.52 Å². The number of nitrogens with zero attached hydrogens (tertiary/aromatic N) is 2. The highest BCUT2D eigenvalue weighted by Gasteiger charge is 2.38. The topological polar surface area (TPSA) is 75.4 Å². The van der Waals surface area contributed by atoms with Crippen molar-refractivity contribution in [2.24, 2.45) is 5.92 Å². The first-order chi connectivity index (χ1) is 11.6. The van der Waals surface area contributed by atoms with Gasteiger partial charge in [-0.1, -0.05) is 5.16 Å². The summed E-state index contributed by atoms with van der Waals surface area (Å²) in [5.74, 6) is -0.770. The van der Waals surface area contributed by atoms with E-state index in [1.54, 1.807) is 34.6 Å². The third-order valence-electron chi connectivity index (χ3n) is 4.91. The Morgan fingerprint density at radius 3 is 2.56 bits per heavy atom. The number of aromatic nitrogens is 1. The second kappa shape index (κ2) is 7.09. The number of alkyl halides is 2. The Kier molecular flexibility index (Phi) is 5.49. The minimum atomic E-state index is -2.99. The Balaban J connectivity index is 1.98. The molecule has 2 atom stereocenters. The smallest absolute Gasteiger partial charge is 0.315 e. The van der Waals surface area contributed by atoms with Gasteiger partial charge in [0.15, 0.2) is 0 Å². The summed E-state index contributed by atoms with van der Waals surface area (Å²) in [6, 6.07) is -0.251. The van der Waals surface area contributed by atoms with Crippen LogP contribution in [0.4, 0.5) is 8.78 Å². The minimum absolute atomic E-state index is 0.0397. The van der Waals surface area contributed by atoms with Crippen LogP contribution in [-0.2, 0) is 15.0 Å². The van der Waals surface area contributed by atoms with Gasteiger partial charge < -0.3 is 14.7 Å². The van der Waals surface area contributed by atoms with Crippen molar-refractivity contribution in [1.29, 1.82) is 0 Å². The molecule has 1 aliphatic rings. The monoisotopic (exact) mass is 357 g/mol. The van der Waals surface area contributed by atoms with Crippen molar-refractivity contribution in [2.45, 2.75) is 58.9 Å². The van der Waals surface area contributed by atoms with Gasteiger partial charge in [-0.2, -0.15) is 8.78 Å². The van der Waals surface area contributed by atoms with Gasteiger partial charge in [0.1, 0.15) is 5.76 Å². The largest absolute Gasteiger partial charge is 0.361 e. The Labute approximate surface area is 145 Å². The average Bonchev–Trinajstić information content (AvgIpc) is 3.06. The molecular formula is C17H25F2N3O3. The van der Waals surface area contributed by atoms with Crippen molar-refractivity contribution in [3.63, 3.8) is 0 Å². The van der Waals surface area contributed by atoms with Crippen molar-refractivity contribution in [1.82, 2.24) is 15.4 Å². The van der Waals surface area contributed by atoms with Gasteiger partial charge in [0.25, 0.3) is 5.91 Å². The standard InChI is InChI=1S/C17H25F2N3O3/c1-9-6-12(8-22(9)15(23)14(18)19)7-20-16(24)17(4,5)13-10(2)21-25-11(13)3/h9,12,14H,6-8H2,1-5H3,(H,20,24). The molecule has 0 spiro atoms. The fraction of sp³-hybridized carbons (Fsp3) is 0.706. The van der Waals surface area contributed by atoms with Crippen molar-refractivity contribution in [3.05, 3.63) is 17.0 Å². The third kappa shape index (κ3) is 3.82. The lowest BCUT2D eigenvalue weighted by atomic mass is 9.82. The number of aryl methyl sites for hydroxylation is 2. The predicted molar refractivity (Wildman–Crippen MR) is 87.3 cm³/mol. The number of hydrogen-bond donors (Lipinski definition) is 1. The van der Waals surface area contributed by atoms with Gasteiger partial charge in [0.05, 0.1) is 11.1 Å². The second-order valence-corrected chi connectivity index (χ2v) is 7.28. The van der Waals surface area contributed by atoms with Crippen LogP contribution in [0, 0.1) is 19.8 Å². The number of carbonyl (C=O) groups is 2. The molecule has 0 aromatic carbocycles. The summed E-state index contributed by atoms with van der Waals surface area (Å²) in [5, 5.41) is 6.77. The number of rotatable bonds is 5. The van der Waals surface area contributed by atoms with Crippen molar-refractivity contribution >= 4 is 11.8 Å². The van der Waals surface area contributed by atoms with Crippen LogP contribution in [0.1, 0.15) is 44.2 Å². The van der Waals surface area contributed by atoms with Gasteiger partial charge in [0, 0.05) is 24.7 Å². The maximum absolute atomic E-state index is 12.6. The SMILES string of the molecule is Cc1noc(C)c1C(C)(C)C(=O)NCC1CC(C)N(C(=O)C(F)F)C1. The molecular weight excluding hydrogens is 332 g/mol. The molecule has 2 heterocycles. The van der Waals surface area contributed by atoms with E-state index in [2.05, 4.69) is 10.5 Å². The number of hydrogen-bond acceptors (Lipinski definition) is 4. The Bertz CT molecular complexity index is 638. The summed E-state index contributed by atoms with van der Waals surface area (Å²) in [5.41, 5.74) is 0.594. The molecule has 1 N–H and O–H groups in total. The summed E-state index contributed by atoms with van der Waals surface area (Å²) in [4.78, 5) is 25.3. The molecule has 6 nitrogen and oxygen atoms in total. The Hall–Kier alpha value is -1.99. The molecule has 140 valence electrons. The summed E-state index contributed by atoms with van der Waals surface area (Å²) >= 11 is 0. The fourth-order valence-corrected chi connectivity index (χ4v) is 3.67. The number of amides is 2. The van der Waals surface area contributed by atoms with Gasteiger partial charge in [-0.25, -0.2) is 0 Å². The molecule has 0 bridgehead atoms. The van der Waals surface area contributed by atoms with E-state index < -0.39 is 17.7 Å². The van der Waals surface area contributed by atoms with Crippen LogP contribution < -0.4 is 5.32 Å². The average molecular weight is 357 g/mol. The fourth-order valence-electron chi connectivity index (χ4n) is 3.67. The van der Waals surface area contributed by atoms with E-state index in [1.165, 1.54) is 4.90 Å². The molecule has 0 aliphatic carbocycles. The highest BCUT2D eigenvalue weighted by molar-refractivity contribution is 5.87. The predicted octanol–water partition coefficient (Wildman–Crippen LogP) is 2.19. The van der Waals surface area contributed by atoms with E-state index in [-0.39, 0.29) is 24.4 Å². The maximum Gasteiger partial charge on any atom is 0.315 e. The van der Waals surface area contributed by atoms with Crippen LogP contribution in [0.25, 0.3) is 0 Å². The molecule has 1 fully saturated rings. The molecule has 8 heteroatoms. The van der Waals surface area contributed by atoms with E-state index in [1.807, 2.05) is 0 Å². The van der Waals surface area contributed by atoms with E-state index >= 15 is 0 Å². The number of nitrogens with one attached hydrogen (secondary N) is 1. The van der Waals surface area contributed by atoms with Gasteiger partial charge in [0.2, 0.25) is 5.91 Å². The van der Waals surface area contributed by atoms with Crippen LogP contribution in [-0.4, -0.2) is 47.4 Å². The molecule has 2 unspecified atom stereocenters. The molecule has 0 radical (unpaired) electrons. The van der Waals surface area contributed by atoms with Crippen molar-refractivity contribution in [3.8, 4) is 0 Å². The normalized spacial score (nSPS) is 21.0. The van der Waals surface area contributed by atoms with Crippen molar-refractivity contribution in [2.75, 3.05) is 13.1 Å². The summed E-state index contributed by atoms with van der Waals surface area (Å²) in [6.45, 7) is 9.44. The van der Waals surface area contributed by atoms with Crippen LogP contribution >= 0.6 is 0 Å². The van der Waals surface area contributed by atoms with E-state index in [9.17, 15) is 18.4 Å². The van der Waals surface area contributed by atoms with Crippen LogP contribution in [0.3, 0.4) is 0 Å². The number of halogens is 2. The zero-order valence-electron chi connectivity index (χ0n) is 15.2. The zero-order valence-corrected chi connectivity index (χ0v) is 15.2. The molecule has 1 aromatic rings. The van der Waals surface area contributed by atoms with Gasteiger partial charge in [-0.05, 0) is 47.0 Å². The summed E-state index contributed by atoms with van der Waals surface area (Å²) in [6.07, 6.45) is -2.40. The molecule has 25 heavy (non-hydrogen) atoms. The third-order valence-corrected chi connectivity index (χ3v) is 4.91. The van der Waals surface area contributed by atoms with Gasteiger partial charge >= 0.3 is 6.43 Å². The first-order valence-electron chi connectivity index (χ1n) is 8.36. The molecule has 1 saturated heterocycles. The minimum Gasteiger partial charge on any atom is -0.361 e. The van der Waals surface area contributed by atoms with Crippen LogP contribution in [0.15, 0.2) is 4.52 Å². The summed E-state index contributed by atoms with van der Waals surface area (Å²) in [7, 11) is 0. The van der Waals surface area contributed by atoms with Crippen LogP contribution in [0.5, 0.6) is 0 Å². The summed E-state index contributed by atoms with van der Waals surface area (Å²) < 4.78 is 30.4. The highest BCUT2D eigenvalue weighted by Crippen LogP contribution is 2.30. The molecule has 0 saturated carbocycles. The highest BCUT2D eigenvalue weighted by atomic mass is 19.3. The van der Waals surface area contributed by atoms with Gasteiger partial charge in [-0.3, -0.25) is 9.59 Å². The molecule has 1 aromatic heterocycles. The second-order valence-electron chi connectivity index (χ2n) is 7.28. The number of carbonyl (C=O) groups excluding carboxylic acids is 2. The Morgan fingerprint density at radius 2 is 2.04 bits per heavy atom. The maximum atomic E-state index is 12.6. The number of likely N-dealkylation sites (tertiary alicyclic amines) is 1. The van der Waals surface area contributed by atoms with Crippen molar-refractivity contribution < 1.29 is 22.9 Å². The quantitative estimate of drug-likeness (QED) is 0.876. The van der Waals surface area contributed by atoms with Crippen LogP contribution in [0.2, 0.25) is 0 Å². The molecule has 2 amide bonds. The zero-order chi connectivity index (χ0) is 18.9. The molecule has 1 aliphatic heterocycles. The van der Waals surface area contributed by atoms with Gasteiger partial charge in [-0.15, -0.1) is 0 Å². The lowest BCUT2D eigenvalue weighted by Gasteiger charge is -2.24. The first-order valence-corrected chi connectivity index (χ1v) is 8.36. The lowest BCUT2D eigenvalue weighted by molar-refractivity contribution is -0.143. The molecule has 2 rings (SSSR count). The lowest BCUT2D eigenvalue weighted by Crippen LogP contribution is -2.43.